The zero-order valence-corrected chi connectivity index (χ0v) is 21.7. The zero-order valence-electron chi connectivity index (χ0n) is 20.9. The van der Waals surface area contributed by atoms with Gasteiger partial charge in [0.15, 0.2) is 17.3 Å². The van der Waals surface area contributed by atoms with Crippen LogP contribution in [0, 0.1) is 0 Å². The molecular formula is C25H23ClF3N9O2. The molecule has 0 radical (unpaired) electrons. The van der Waals surface area contributed by atoms with Gasteiger partial charge >= 0.3 is 6.18 Å². The summed E-state index contributed by atoms with van der Waals surface area (Å²) in [5.74, 6) is -1.10. The number of carbonyl (C=O) groups is 2. The second-order valence-corrected chi connectivity index (χ2v) is 9.77. The molecule has 40 heavy (non-hydrogen) atoms. The molecule has 11 nitrogen and oxygen atoms in total. The SMILES string of the molecule is Cn1c(-c2cn(-c3ccc(N)cn3)nc2C(F)(F)F)cnc1C(=O)Nc1ccc(C(=O)N[C@H]2C[C@H](N)C2)c(Cl)c1. The van der Waals surface area contributed by atoms with Gasteiger partial charge in [0.1, 0.15) is 0 Å². The molecule has 1 aromatic carbocycles. The number of nitrogens with one attached hydrogen (secondary N) is 2. The number of nitrogens with two attached hydrogens (primary N) is 2. The summed E-state index contributed by atoms with van der Waals surface area (Å²) in [4.78, 5) is 33.5. The number of imidazole rings is 1. The zero-order chi connectivity index (χ0) is 28.8. The summed E-state index contributed by atoms with van der Waals surface area (Å²) in [6, 6.07) is 7.32. The highest BCUT2D eigenvalue weighted by atomic mass is 35.5. The third-order valence-corrected chi connectivity index (χ3v) is 6.75. The molecule has 4 aromatic rings. The van der Waals surface area contributed by atoms with E-state index in [0.29, 0.717) is 18.5 Å². The number of halogens is 4. The number of carbonyl (C=O) groups excluding carboxylic acids is 2. The maximum Gasteiger partial charge on any atom is 0.435 e. The number of benzene rings is 1. The van der Waals surface area contributed by atoms with Crippen LogP contribution in [0.4, 0.5) is 24.5 Å². The van der Waals surface area contributed by atoms with Crippen LogP contribution in [0.15, 0.2) is 48.9 Å². The molecule has 0 bridgehead atoms. The van der Waals surface area contributed by atoms with Crippen LogP contribution in [-0.4, -0.2) is 48.2 Å². The van der Waals surface area contributed by atoms with Crippen molar-refractivity contribution in [1.29, 1.82) is 0 Å². The van der Waals surface area contributed by atoms with Gasteiger partial charge < -0.3 is 26.7 Å². The number of pyridine rings is 1. The van der Waals surface area contributed by atoms with Crippen molar-refractivity contribution in [3.8, 4) is 17.1 Å². The number of hydrogen-bond donors (Lipinski definition) is 4. The van der Waals surface area contributed by atoms with Crippen molar-refractivity contribution < 1.29 is 22.8 Å². The number of hydrogen-bond acceptors (Lipinski definition) is 7. The van der Waals surface area contributed by atoms with E-state index in [4.69, 9.17) is 23.1 Å². The van der Waals surface area contributed by atoms with Crippen LogP contribution in [-0.2, 0) is 13.2 Å². The van der Waals surface area contributed by atoms with Crippen LogP contribution in [0.5, 0.6) is 0 Å². The Balaban J connectivity index is 1.37. The predicted octanol–water partition coefficient (Wildman–Crippen LogP) is 3.39. The fourth-order valence-corrected chi connectivity index (χ4v) is 4.57. The van der Waals surface area contributed by atoms with E-state index in [1.54, 1.807) is 0 Å². The highest BCUT2D eigenvalue weighted by Crippen LogP contribution is 2.37. The molecule has 5 rings (SSSR count). The van der Waals surface area contributed by atoms with Gasteiger partial charge in [-0.05, 0) is 43.2 Å². The fourth-order valence-electron chi connectivity index (χ4n) is 4.30. The molecule has 208 valence electrons. The van der Waals surface area contributed by atoms with Crippen molar-refractivity contribution in [1.82, 2.24) is 29.6 Å². The number of amides is 2. The normalized spacial score (nSPS) is 16.9. The molecule has 0 atom stereocenters. The monoisotopic (exact) mass is 573 g/mol. The number of nitrogen functional groups attached to an aromatic ring is 1. The van der Waals surface area contributed by atoms with Crippen molar-refractivity contribution in [3.05, 3.63) is 71.0 Å². The molecule has 0 aliphatic heterocycles. The minimum absolute atomic E-state index is 0.0000610. The minimum atomic E-state index is -4.80. The Morgan fingerprint density at radius 3 is 2.48 bits per heavy atom. The molecular weight excluding hydrogens is 551 g/mol. The summed E-state index contributed by atoms with van der Waals surface area (Å²) in [7, 11) is 1.41. The second-order valence-electron chi connectivity index (χ2n) is 9.36. The number of anilines is 2. The molecule has 0 spiro atoms. The summed E-state index contributed by atoms with van der Waals surface area (Å²) in [6.45, 7) is 0. The molecule has 3 aromatic heterocycles. The predicted molar refractivity (Wildman–Crippen MR) is 141 cm³/mol. The first-order valence-electron chi connectivity index (χ1n) is 12.0. The highest BCUT2D eigenvalue weighted by molar-refractivity contribution is 6.34. The van der Waals surface area contributed by atoms with Gasteiger partial charge in [0.05, 0.1) is 39.9 Å². The lowest BCUT2D eigenvalue weighted by atomic mass is 9.87. The Kier molecular flexibility index (Phi) is 6.98. The van der Waals surface area contributed by atoms with Gasteiger partial charge in [-0.1, -0.05) is 11.6 Å². The number of nitrogens with zero attached hydrogens (tertiary/aromatic N) is 5. The number of aromatic nitrogens is 5. The van der Waals surface area contributed by atoms with E-state index < -0.39 is 17.8 Å². The fraction of sp³-hybridized carbons (Fsp3) is 0.240. The molecule has 1 aliphatic rings. The molecule has 1 aliphatic carbocycles. The minimum Gasteiger partial charge on any atom is -0.397 e. The van der Waals surface area contributed by atoms with Crippen LogP contribution < -0.4 is 22.1 Å². The first kappa shape index (κ1) is 27.1. The third kappa shape index (κ3) is 5.35. The van der Waals surface area contributed by atoms with Gasteiger partial charge in [0.25, 0.3) is 11.8 Å². The number of rotatable bonds is 6. The van der Waals surface area contributed by atoms with E-state index >= 15 is 0 Å². The Hall–Kier alpha value is -4.43. The lowest BCUT2D eigenvalue weighted by Gasteiger charge is -2.33. The standard InChI is InChI=1S/C25H23ClF3N9O2/c1-37-19(17-11-38(36-21(17)25(27,28)29)20-5-2-12(30)9-32-20)10-33-22(37)24(40)34-14-3-4-16(18(26)8-14)23(39)35-15-6-13(31)7-15/h2-5,8-11,13,15H,6-7,30-31H2,1H3,(H,34,40)(H,35,39)/t13-,15-. The lowest BCUT2D eigenvalue weighted by Crippen LogP contribution is -2.50. The van der Waals surface area contributed by atoms with Crippen LogP contribution in [0.3, 0.4) is 0 Å². The van der Waals surface area contributed by atoms with E-state index in [2.05, 4.69) is 25.7 Å². The molecule has 2 amide bonds. The maximum absolute atomic E-state index is 13.9. The van der Waals surface area contributed by atoms with Crippen LogP contribution in [0.1, 0.15) is 39.5 Å². The summed E-state index contributed by atoms with van der Waals surface area (Å²) >= 11 is 6.28. The van der Waals surface area contributed by atoms with E-state index in [1.807, 2.05) is 0 Å². The van der Waals surface area contributed by atoms with Gasteiger partial charge in [-0.2, -0.15) is 18.3 Å². The van der Waals surface area contributed by atoms with Gasteiger partial charge in [-0.25, -0.2) is 14.6 Å². The Morgan fingerprint density at radius 1 is 1.10 bits per heavy atom. The third-order valence-electron chi connectivity index (χ3n) is 6.44. The van der Waals surface area contributed by atoms with Crippen LogP contribution in [0.2, 0.25) is 5.02 Å². The molecule has 0 saturated heterocycles. The van der Waals surface area contributed by atoms with Gasteiger partial charge in [0, 0.05) is 31.0 Å². The first-order valence-corrected chi connectivity index (χ1v) is 12.4. The van der Waals surface area contributed by atoms with Crippen molar-refractivity contribution >= 4 is 34.8 Å². The largest absolute Gasteiger partial charge is 0.435 e. The van der Waals surface area contributed by atoms with Gasteiger partial charge in [-0.15, -0.1) is 0 Å². The molecule has 0 unspecified atom stereocenters. The second kappa shape index (κ2) is 10.3. The van der Waals surface area contributed by atoms with Crippen molar-refractivity contribution in [2.24, 2.45) is 12.8 Å². The summed E-state index contributed by atoms with van der Waals surface area (Å²) in [5.41, 5.74) is 10.7. The van der Waals surface area contributed by atoms with Crippen molar-refractivity contribution in [3.63, 3.8) is 0 Å². The first-order chi connectivity index (χ1) is 18.9. The summed E-state index contributed by atoms with van der Waals surface area (Å²) < 4.78 is 43.8. The summed E-state index contributed by atoms with van der Waals surface area (Å²) in [6.07, 6.45) is 0.178. The van der Waals surface area contributed by atoms with Gasteiger partial charge in [-0.3, -0.25) is 9.59 Å². The molecule has 3 heterocycles. The number of alkyl halides is 3. The maximum atomic E-state index is 13.9. The van der Waals surface area contributed by atoms with E-state index in [-0.39, 0.29) is 57.2 Å². The van der Waals surface area contributed by atoms with Crippen LogP contribution >= 0.6 is 11.6 Å². The Bertz CT molecular complexity index is 1590. The van der Waals surface area contributed by atoms with Crippen LogP contribution in [0.25, 0.3) is 17.1 Å². The quantitative estimate of drug-likeness (QED) is 0.275. The topological polar surface area (TPSA) is 159 Å². The molecule has 1 fully saturated rings. The lowest BCUT2D eigenvalue weighted by molar-refractivity contribution is -0.140. The van der Waals surface area contributed by atoms with E-state index in [9.17, 15) is 22.8 Å². The van der Waals surface area contributed by atoms with E-state index in [1.165, 1.54) is 48.1 Å². The smallest absolute Gasteiger partial charge is 0.397 e. The average molecular weight is 574 g/mol. The molecule has 15 heteroatoms. The Morgan fingerprint density at radius 2 is 1.85 bits per heavy atom. The van der Waals surface area contributed by atoms with Crippen molar-refractivity contribution in [2.75, 3.05) is 11.1 Å². The highest BCUT2D eigenvalue weighted by Gasteiger charge is 2.39. The van der Waals surface area contributed by atoms with E-state index in [0.717, 1.165) is 17.1 Å². The molecule has 1 saturated carbocycles. The Labute approximate surface area is 230 Å². The van der Waals surface area contributed by atoms with Crippen molar-refractivity contribution in [2.45, 2.75) is 31.1 Å². The summed E-state index contributed by atoms with van der Waals surface area (Å²) in [5, 5.41) is 9.23. The molecule has 6 N–H and O–H groups in total. The average Bonchev–Trinajstić information content (AvgIpc) is 3.47. The van der Waals surface area contributed by atoms with Gasteiger partial charge in [0.2, 0.25) is 0 Å².